The maximum atomic E-state index is 6.53. The van der Waals surface area contributed by atoms with Crippen LogP contribution in [0.2, 0.25) is 0 Å². The van der Waals surface area contributed by atoms with Gasteiger partial charge in [-0.3, -0.25) is 0 Å². The molecule has 6 atom stereocenters. The Labute approximate surface area is 206 Å². The van der Waals surface area contributed by atoms with Crippen LogP contribution in [0.25, 0.3) is 0 Å². The topological polar surface area (TPSA) is 55.4 Å². The first-order valence-corrected chi connectivity index (χ1v) is 12.2. The van der Waals surface area contributed by atoms with Gasteiger partial charge >= 0.3 is 0 Å². The summed E-state index contributed by atoms with van der Waals surface area (Å²) in [5, 5.41) is 0. The van der Waals surface area contributed by atoms with Gasteiger partial charge in [0, 0.05) is 12.2 Å². The first-order chi connectivity index (χ1) is 17.3. The van der Waals surface area contributed by atoms with E-state index in [1.54, 1.807) is 0 Å². The van der Waals surface area contributed by atoms with Gasteiger partial charge in [0.1, 0.15) is 24.4 Å². The number of rotatable bonds is 9. The molecule has 0 aromatic heterocycles. The van der Waals surface area contributed by atoms with Gasteiger partial charge in [-0.25, -0.2) is 0 Å². The standard InChI is InChI=1S/C29H32O6/c1-2-30-29-27(32-19-22-14-8-4-9-15-22)26(31-18-21-12-6-3-7-13-21)25-24(34-29)20-33-28(35-25)23-16-10-5-11-17-23/h3-17,24-29H,2,18-20H2,1H3/t24-,25+,26+,27-,28?,29?/m1/s1. The van der Waals surface area contributed by atoms with Gasteiger partial charge in [-0.1, -0.05) is 91.0 Å². The van der Waals surface area contributed by atoms with E-state index < -0.39 is 24.8 Å². The van der Waals surface area contributed by atoms with E-state index in [2.05, 4.69) is 0 Å². The summed E-state index contributed by atoms with van der Waals surface area (Å²) in [5.41, 5.74) is 3.11. The molecule has 0 bridgehead atoms. The van der Waals surface area contributed by atoms with Crippen LogP contribution in [0, 0.1) is 0 Å². The van der Waals surface area contributed by atoms with E-state index in [0.29, 0.717) is 26.4 Å². The lowest BCUT2D eigenvalue weighted by atomic mass is 9.97. The molecule has 2 saturated heterocycles. The van der Waals surface area contributed by atoms with Crippen molar-refractivity contribution in [2.24, 2.45) is 0 Å². The maximum absolute atomic E-state index is 6.53. The third kappa shape index (κ3) is 5.98. The van der Waals surface area contributed by atoms with Gasteiger partial charge in [-0.15, -0.1) is 0 Å². The smallest absolute Gasteiger partial charge is 0.186 e. The minimum Gasteiger partial charge on any atom is -0.368 e. The van der Waals surface area contributed by atoms with Gasteiger partial charge in [0.2, 0.25) is 0 Å². The lowest BCUT2D eigenvalue weighted by molar-refractivity contribution is -0.372. The predicted octanol–water partition coefficient (Wildman–Crippen LogP) is 5.03. The minimum atomic E-state index is -0.591. The summed E-state index contributed by atoms with van der Waals surface area (Å²) in [4.78, 5) is 0. The third-order valence-corrected chi connectivity index (χ3v) is 6.26. The van der Waals surface area contributed by atoms with E-state index in [9.17, 15) is 0 Å². The Morgan fingerprint density at radius 1 is 0.686 bits per heavy atom. The van der Waals surface area contributed by atoms with Crippen LogP contribution in [0.4, 0.5) is 0 Å². The van der Waals surface area contributed by atoms with Gasteiger partial charge < -0.3 is 28.4 Å². The summed E-state index contributed by atoms with van der Waals surface area (Å²) >= 11 is 0. The third-order valence-electron chi connectivity index (χ3n) is 6.26. The van der Waals surface area contributed by atoms with E-state index in [1.165, 1.54) is 0 Å². The molecule has 0 saturated carbocycles. The Balaban J connectivity index is 1.40. The summed E-state index contributed by atoms with van der Waals surface area (Å²) < 4.78 is 37.8. The van der Waals surface area contributed by atoms with Gasteiger partial charge in [-0.05, 0) is 18.1 Å². The Hall–Kier alpha value is -2.58. The lowest BCUT2D eigenvalue weighted by Crippen LogP contribution is -2.63. The number of benzene rings is 3. The van der Waals surface area contributed by atoms with E-state index >= 15 is 0 Å². The molecule has 5 rings (SSSR count). The molecule has 0 spiro atoms. The van der Waals surface area contributed by atoms with Crippen LogP contribution in [0.5, 0.6) is 0 Å². The van der Waals surface area contributed by atoms with Crippen molar-refractivity contribution in [1.82, 2.24) is 0 Å². The van der Waals surface area contributed by atoms with Crippen molar-refractivity contribution in [3.05, 3.63) is 108 Å². The molecule has 0 N–H and O–H groups in total. The van der Waals surface area contributed by atoms with Crippen molar-refractivity contribution >= 4 is 0 Å². The average Bonchev–Trinajstić information content (AvgIpc) is 2.92. The van der Waals surface area contributed by atoms with Crippen molar-refractivity contribution in [2.75, 3.05) is 13.2 Å². The molecule has 2 heterocycles. The number of hydrogen-bond acceptors (Lipinski definition) is 6. The zero-order valence-corrected chi connectivity index (χ0v) is 19.9. The number of ether oxygens (including phenoxy) is 6. The minimum absolute atomic E-state index is 0.330. The highest BCUT2D eigenvalue weighted by Gasteiger charge is 2.51. The van der Waals surface area contributed by atoms with Crippen molar-refractivity contribution in [3.8, 4) is 0 Å². The van der Waals surface area contributed by atoms with E-state index in [1.807, 2.05) is 97.9 Å². The van der Waals surface area contributed by atoms with Crippen LogP contribution in [-0.4, -0.2) is 43.9 Å². The van der Waals surface area contributed by atoms with Crippen molar-refractivity contribution in [3.63, 3.8) is 0 Å². The quantitative estimate of drug-likeness (QED) is 0.432. The highest BCUT2D eigenvalue weighted by atomic mass is 16.8. The van der Waals surface area contributed by atoms with E-state index in [4.69, 9.17) is 28.4 Å². The first-order valence-electron chi connectivity index (χ1n) is 12.2. The summed E-state index contributed by atoms with van der Waals surface area (Å²) in [5.74, 6) is 0. The molecular formula is C29H32O6. The van der Waals surface area contributed by atoms with Crippen LogP contribution in [0.3, 0.4) is 0 Å². The molecule has 0 aliphatic carbocycles. The number of hydrogen-bond donors (Lipinski definition) is 0. The molecule has 6 nitrogen and oxygen atoms in total. The lowest BCUT2D eigenvalue weighted by Gasteiger charge is -2.48. The first kappa shape index (κ1) is 24.1. The highest BCUT2D eigenvalue weighted by molar-refractivity contribution is 5.17. The number of fused-ring (bicyclic) bond motifs is 1. The zero-order chi connectivity index (χ0) is 23.9. The van der Waals surface area contributed by atoms with Gasteiger partial charge in [-0.2, -0.15) is 0 Å². The summed E-state index contributed by atoms with van der Waals surface area (Å²) in [6.07, 6.45) is -2.69. The maximum Gasteiger partial charge on any atom is 0.186 e. The van der Waals surface area contributed by atoms with Gasteiger partial charge in [0.15, 0.2) is 12.6 Å². The summed E-state index contributed by atoms with van der Waals surface area (Å²) in [7, 11) is 0. The molecule has 6 heteroatoms. The fraction of sp³-hybridized carbons (Fsp3) is 0.379. The van der Waals surface area contributed by atoms with Crippen molar-refractivity contribution in [1.29, 1.82) is 0 Å². The Morgan fingerprint density at radius 2 is 1.26 bits per heavy atom. The molecule has 3 aromatic carbocycles. The van der Waals surface area contributed by atoms with E-state index in [0.717, 1.165) is 16.7 Å². The predicted molar refractivity (Wildman–Crippen MR) is 130 cm³/mol. The molecule has 184 valence electrons. The molecule has 3 aromatic rings. The van der Waals surface area contributed by atoms with Crippen LogP contribution >= 0.6 is 0 Å². The molecule has 0 amide bonds. The van der Waals surface area contributed by atoms with Gasteiger partial charge in [0.05, 0.1) is 19.8 Å². The van der Waals surface area contributed by atoms with Crippen LogP contribution in [0.1, 0.15) is 29.9 Å². The van der Waals surface area contributed by atoms with Crippen molar-refractivity contribution < 1.29 is 28.4 Å². The summed E-state index contributed by atoms with van der Waals surface area (Å²) in [6, 6.07) is 30.1. The summed E-state index contributed by atoms with van der Waals surface area (Å²) in [6.45, 7) is 3.67. The monoisotopic (exact) mass is 476 g/mol. The molecule has 2 aliphatic rings. The largest absolute Gasteiger partial charge is 0.368 e. The van der Waals surface area contributed by atoms with Gasteiger partial charge in [0.25, 0.3) is 0 Å². The zero-order valence-electron chi connectivity index (χ0n) is 19.9. The fourth-order valence-corrected chi connectivity index (χ4v) is 4.52. The molecule has 2 fully saturated rings. The Morgan fingerprint density at radius 3 is 1.86 bits per heavy atom. The van der Waals surface area contributed by atoms with Crippen LogP contribution < -0.4 is 0 Å². The normalized spacial score (nSPS) is 28.4. The second-order valence-corrected chi connectivity index (χ2v) is 8.70. The highest BCUT2D eigenvalue weighted by Crippen LogP contribution is 2.37. The fourth-order valence-electron chi connectivity index (χ4n) is 4.52. The average molecular weight is 477 g/mol. The van der Waals surface area contributed by atoms with Crippen LogP contribution in [-0.2, 0) is 41.6 Å². The Bertz CT molecular complexity index is 1020. The molecule has 2 aliphatic heterocycles. The van der Waals surface area contributed by atoms with Crippen LogP contribution in [0.15, 0.2) is 91.0 Å². The second-order valence-electron chi connectivity index (χ2n) is 8.70. The SMILES string of the molecule is CCOC1O[C@@H]2COC(c3ccccc3)O[C@@H]2[C@H](OCc2ccccc2)[C@H]1OCc1ccccc1. The molecule has 0 radical (unpaired) electrons. The Kier molecular flexibility index (Phi) is 8.21. The second kappa shape index (κ2) is 11.9. The molecule has 2 unspecified atom stereocenters. The molecule has 35 heavy (non-hydrogen) atoms. The molecular weight excluding hydrogens is 444 g/mol. The van der Waals surface area contributed by atoms with E-state index in [-0.39, 0.29) is 12.2 Å². The van der Waals surface area contributed by atoms with Crippen molar-refractivity contribution in [2.45, 2.75) is 57.1 Å².